The van der Waals surface area contributed by atoms with E-state index >= 15 is 0 Å². The molecule has 0 fully saturated rings. The van der Waals surface area contributed by atoms with E-state index in [-0.39, 0.29) is 0 Å². The maximum Gasteiger partial charge on any atom is 0.201 e. The highest BCUT2D eigenvalue weighted by atomic mass is 127. The first kappa shape index (κ1) is 14.6. The van der Waals surface area contributed by atoms with Crippen LogP contribution in [0.25, 0.3) is 11.0 Å². The smallest absolute Gasteiger partial charge is 0.201 e. The summed E-state index contributed by atoms with van der Waals surface area (Å²) in [7, 11) is 0. The zero-order valence-corrected chi connectivity index (χ0v) is 13.9. The maximum absolute atomic E-state index is 6.09. The van der Waals surface area contributed by atoms with Crippen molar-refractivity contribution in [3.63, 3.8) is 0 Å². The lowest BCUT2D eigenvalue weighted by Gasteiger charge is -2.24. The Labute approximate surface area is 128 Å². The molecule has 1 atom stereocenters. The molecule has 0 aliphatic carbocycles. The third-order valence-corrected chi connectivity index (χ3v) is 4.21. The van der Waals surface area contributed by atoms with E-state index in [9.17, 15) is 0 Å². The number of fused-ring (bicyclic) bond motifs is 1. The number of rotatable bonds is 5. The molecule has 2 N–H and O–H groups in total. The first-order valence-corrected chi connectivity index (χ1v) is 7.80. The van der Waals surface area contributed by atoms with Crippen molar-refractivity contribution in [1.29, 1.82) is 0 Å². The van der Waals surface area contributed by atoms with Gasteiger partial charge in [0, 0.05) is 16.2 Å². The molecule has 1 aromatic heterocycles. The highest BCUT2D eigenvalue weighted by molar-refractivity contribution is 14.1. The van der Waals surface area contributed by atoms with Gasteiger partial charge in [-0.15, -0.1) is 0 Å². The minimum atomic E-state index is 0.324. The number of likely N-dealkylation sites (N-methyl/N-ethyl adjacent to an activating group) is 1. The second-order valence-corrected chi connectivity index (χ2v) is 6.05. The molecular formula is C14H21IN4. The van der Waals surface area contributed by atoms with Crippen LogP contribution in [0.15, 0.2) is 18.2 Å². The zero-order valence-electron chi connectivity index (χ0n) is 11.7. The van der Waals surface area contributed by atoms with E-state index in [2.05, 4.69) is 76.0 Å². The molecule has 5 heteroatoms. The van der Waals surface area contributed by atoms with Crippen molar-refractivity contribution in [2.75, 3.05) is 25.4 Å². The van der Waals surface area contributed by atoms with Crippen molar-refractivity contribution in [3.05, 3.63) is 21.8 Å². The van der Waals surface area contributed by atoms with Crippen molar-refractivity contribution in [2.45, 2.75) is 26.8 Å². The number of nitrogens with zero attached hydrogens (tertiary/aromatic N) is 3. The summed E-state index contributed by atoms with van der Waals surface area (Å²) in [6.07, 6.45) is 0. The Hall–Kier alpha value is -0.820. The minimum Gasteiger partial charge on any atom is -0.369 e. The molecule has 0 spiro atoms. The first-order valence-electron chi connectivity index (χ1n) is 6.72. The largest absolute Gasteiger partial charge is 0.369 e. The van der Waals surface area contributed by atoms with Gasteiger partial charge >= 0.3 is 0 Å². The van der Waals surface area contributed by atoms with Gasteiger partial charge in [-0.1, -0.05) is 13.8 Å². The first-order chi connectivity index (χ1) is 9.06. The van der Waals surface area contributed by atoms with Gasteiger partial charge < -0.3 is 15.2 Å². The Balaban J connectivity index is 2.36. The van der Waals surface area contributed by atoms with Crippen molar-refractivity contribution in [2.24, 2.45) is 0 Å². The summed E-state index contributed by atoms with van der Waals surface area (Å²) < 4.78 is 3.33. The molecule has 0 saturated carbocycles. The normalized spacial score (nSPS) is 13.3. The fourth-order valence-electron chi connectivity index (χ4n) is 2.49. The summed E-state index contributed by atoms with van der Waals surface area (Å²) in [6, 6.07) is 6.61. The molecule has 0 bridgehead atoms. The van der Waals surface area contributed by atoms with Crippen LogP contribution in [0.2, 0.25) is 0 Å². The van der Waals surface area contributed by atoms with E-state index < -0.39 is 0 Å². The van der Waals surface area contributed by atoms with Crippen molar-refractivity contribution >= 4 is 39.6 Å². The third-order valence-electron chi connectivity index (χ3n) is 3.54. The van der Waals surface area contributed by atoms with Crippen molar-refractivity contribution in [3.8, 4) is 0 Å². The van der Waals surface area contributed by atoms with Gasteiger partial charge in [-0.2, -0.15) is 0 Å². The molecule has 1 heterocycles. The molecule has 104 valence electrons. The quantitative estimate of drug-likeness (QED) is 0.821. The summed E-state index contributed by atoms with van der Waals surface area (Å²) in [6.45, 7) is 9.70. The number of aromatic nitrogens is 2. The Morgan fingerprint density at radius 2 is 2.05 bits per heavy atom. The number of benzene rings is 1. The van der Waals surface area contributed by atoms with Gasteiger partial charge in [0.15, 0.2) is 0 Å². The fraction of sp³-hybridized carbons (Fsp3) is 0.500. The van der Waals surface area contributed by atoms with Gasteiger partial charge in [-0.05, 0) is 60.8 Å². The number of hydrogen-bond donors (Lipinski definition) is 1. The van der Waals surface area contributed by atoms with Crippen LogP contribution in [0.1, 0.15) is 26.8 Å². The monoisotopic (exact) mass is 372 g/mol. The van der Waals surface area contributed by atoms with Crippen LogP contribution in [-0.4, -0.2) is 34.1 Å². The van der Waals surface area contributed by atoms with E-state index in [1.807, 2.05) is 0 Å². The lowest BCUT2D eigenvalue weighted by atomic mass is 10.2. The number of imidazole rings is 1. The second kappa shape index (κ2) is 6.09. The van der Waals surface area contributed by atoms with E-state index in [4.69, 9.17) is 5.73 Å². The highest BCUT2D eigenvalue weighted by Gasteiger charge is 2.16. The summed E-state index contributed by atoms with van der Waals surface area (Å²) in [5.41, 5.74) is 8.20. The van der Waals surface area contributed by atoms with Gasteiger partial charge in [0.2, 0.25) is 5.95 Å². The van der Waals surface area contributed by atoms with Gasteiger partial charge in [-0.25, -0.2) is 4.98 Å². The minimum absolute atomic E-state index is 0.324. The summed E-state index contributed by atoms with van der Waals surface area (Å²) in [4.78, 5) is 6.88. The molecule has 0 amide bonds. The molecule has 0 saturated heterocycles. The number of anilines is 1. The summed E-state index contributed by atoms with van der Waals surface area (Å²) in [5.74, 6) is 0.608. The molecule has 2 rings (SSSR count). The number of hydrogen-bond acceptors (Lipinski definition) is 3. The average molecular weight is 372 g/mol. The van der Waals surface area contributed by atoms with Gasteiger partial charge in [0.05, 0.1) is 11.0 Å². The topological polar surface area (TPSA) is 47.1 Å². The van der Waals surface area contributed by atoms with E-state index in [1.54, 1.807) is 0 Å². The van der Waals surface area contributed by atoms with Gasteiger partial charge in [-0.3, -0.25) is 0 Å². The Morgan fingerprint density at radius 3 is 2.68 bits per heavy atom. The molecule has 4 nitrogen and oxygen atoms in total. The third kappa shape index (κ3) is 3.02. The molecular weight excluding hydrogens is 351 g/mol. The van der Waals surface area contributed by atoms with Crippen LogP contribution in [-0.2, 0) is 0 Å². The number of nitrogens with two attached hydrogens (primary N) is 1. The molecule has 1 aromatic carbocycles. The molecule has 2 aromatic rings. The fourth-order valence-corrected chi connectivity index (χ4v) is 2.97. The SMILES string of the molecule is CCN(CC)CC(C)n1c(N)nc2cc(I)ccc21. The molecule has 1 unspecified atom stereocenters. The van der Waals surface area contributed by atoms with E-state index in [1.165, 1.54) is 3.57 Å². The van der Waals surface area contributed by atoms with E-state index in [0.29, 0.717) is 12.0 Å². The van der Waals surface area contributed by atoms with Crippen LogP contribution in [0.3, 0.4) is 0 Å². The predicted octanol–water partition coefficient (Wildman–Crippen LogP) is 3.13. The maximum atomic E-state index is 6.09. The summed E-state index contributed by atoms with van der Waals surface area (Å²) in [5, 5.41) is 0. The molecule has 0 aliphatic rings. The average Bonchev–Trinajstić information content (AvgIpc) is 2.70. The predicted molar refractivity (Wildman–Crippen MR) is 89.4 cm³/mol. The number of halogens is 1. The Morgan fingerprint density at radius 1 is 1.37 bits per heavy atom. The van der Waals surface area contributed by atoms with Crippen LogP contribution < -0.4 is 5.73 Å². The Bertz CT molecular complexity index is 560. The number of nitrogen functional groups attached to an aromatic ring is 1. The van der Waals surface area contributed by atoms with E-state index in [0.717, 1.165) is 30.7 Å². The lowest BCUT2D eigenvalue weighted by Crippen LogP contribution is -2.29. The zero-order chi connectivity index (χ0) is 14.0. The van der Waals surface area contributed by atoms with Crippen molar-refractivity contribution < 1.29 is 0 Å². The van der Waals surface area contributed by atoms with Crippen LogP contribution in [0, 0.1) is 3.57 Å². The van der Waals surface area contributed by atoms with Crippen LogP contribution >= 0.6 is 22.6 Å². The lowest BCUT2D eigenvalue weighted by molar-refractivity contribution is 0.264. The highest BCUT2D eigenvalue weighted by Crippen LogP contribution is 2.24. The van der Waals surface area contributed by atoms with Gasteiger partial charge in [0.1, 0.15) is 0 Å². The Kier molecular flexibility index (Phi) is 4.67. The van der Waals surface area contributed by atoms with Crippen molar-refractivity contribution in [1.82, 2.24) is 14.5 Å². The standard InChI is InChI=1S/C14H21IN4/c1-4-18(5-2)9-10(3)19-13-7-6-11(15)8-12(13)17-14(19)16/h6-8,10H,4-5,9H2,1-3H3,(H2,16,17). The van der Waals surface area contributed by atoms with Gasteiger partial charge in [0.25, 0.3) is 0 Å². The molecule has 0 radical (unpaired) electrons. The summed E-state index contributed by atoms with van der Waals surface area (Å²) >= 11 is 2.30. The second-order valence-electron chi connectivity index (χ2n) is 4.81. The molecule has 0 aliphatic heterocycles. The molecule has 19 heavy (non-hydrogen) atoms. The van der Waals surface area contributed by atoms with Crippen LogP contribution in [0.4, 0.5) is 5.95 Å². The van der Waals surface area contributed by atoms with Crippen LogP contribution in [0.5, 0.6) is 0 Å².